The van der Waals surface area contributed by atoms with Gasteiger partial charge in [0, 0.05) is 56.0 Å². The highest BCUT2D eigenvalue weighted by Gasteiger charge is 2.43. The number of piperidine rings is 1. The third-order valence-corrected chi connectivity index (χ3v) is 10.6. The number of hydrogen-bond acceptors (Lipinski definition) is 7. The zero-order valence-electron chi connectivity index (χ0n) is 23.0. The number of nitrogens with one attached hydrogen (secondary N) is 2. The summed E-state index contributed by atoms with van der Waals surface area (Å²) in [5.41, 5.74) is 2.21. The average Bonchev–Trinajstić information content (AvgIpc) is 3.37. The maximum atomic E-state index is 13.4. The Bertz CT molecular complexity index is 1220. The topological polar surface area (TPSA) is 122 Å². The number of urea groups is 1. The minimum absolute atomic E-state index is 0.0130. The fraction of sp³-hybridized carbons (Fsp3) is 0.643. The molecule has 2 bridgehead atoms. The third kappa shape index (κ3) is 5.67. The molecule has 11 heteroatoms. The van der Waals surface area contributed by atoms with E-state index in [0.717, 1.165) is 36.9 Å². The van der Waals surface area contributed by atoms with Crippen molar-refractivity contribution in [3.05, 3.63) is 35.4 Å². The predicted molar refractivity (Wildman–Crippen MR) is 151 cm³/mol. The van der Waals surface area contributed by atoms with Gasteiger partial charge in [-0.1, -0.05) is 18.2 Å². The lowest BCUT2D eigenvalue weighted by atomic mass is 9.95. The highest BCUT2D eigenvalue weighted by molar-refractivity contribution is 7.91. The highest BCUT2D eigenvalue weighted by Crippen LogP contribution is 2.37. The van der Waals surface area contributed by atoms with Crippen molar-refractivity contribution in [2.75, 3.05) is 36.5 Å². The van der Waals surface area contributed by atoms with Crippen LogP contribution in [-0.4, -0.2) is 103 Å². The van der Waals surface area contributed by atoms with E-state index in [-0.39, 0.29) is 41.6 Å². The molecule has 1 aromatic carbocycles. The van der Waals surface area contributed by atoms with E-state index in [1.165, 1.54) is 0 Å². The third-order valence-electron chi connectivity index (χ3n) is 8.83. The van der Waals surface area contributed by atoms with Crippen molar-refractivity contribution in [2.45, 2.75) is 82.4 Å². The summed E-state index contributed by atoms with van der Waals surface area (Å²) in [5.74, 6) is -0.0664. The van der Waals surface area contributed by atoms with Gasteiger partial charge in [-0.3, -0.25) is 9.69 Å². The number of para-hydroxylation sites is 1. The molecule has 3 amide bonds. The van der Waals surface area contributed by atoms with E-state index in [1.807, 2.05) is 43.0 Å². The molecule has 0 aromatic heterocycles. The fourth-order valence-electron chi connectivity index (χ4n) is 6.98. The van der Waals surface area contributed by atoms with Crippen LogP contribution in [0.5, 0.6) is 0 Å². The Morgan fingerprint density at radius 2 is 1.82 bits per heavy atom. The maximum Gasteiger partial charge on any atom is 0.317 e. The summed E-state index contributed by atoms with van der Waals surface area (Å²) in [6.07, 6.45) is 4.98. The molecular weight excluding hydrogens is 518 g/mol. The Morgan fingerprint density at radius 1 is 1.13 bits per heavy atom. The molecule has 0 saturated carbocycles. The van der Waals surface area contributed by atoms with Gasteiger partial charge < -0.3 is 25.5 Å². The van der Waals surface area contributed by atoms with Gasteiger partial charge >= 0.3 is 6.03 Å². The van der Waals surface area contributed by atoms with Gasteiger partial charge in [-0.15, -0.1) is 0 Å². The van der Waals surface area contributed by atoms with Gasteiger partial charge in [-0.05, 0) is 63.7 Å². The van der Waals surface area contributed by atoms with E-state index in [4.69, 9.17) is 0 Å². The highest BCUT2D eigenvalue weighted by atomic mass is 32.2. The number of aliphatic hydroxyl groups excluding tert-OH is 1. The average molecular weight is 560 g/mol. The van der Waals surface area contributed by atoms with Gasteiger partial charge in [0.05, 0.1) is 17.1 Å². The van der Waals surface area contributed by atoms with Crippen LogP contribution in [0.1, 0.15) is 51.5 Å². The molecule has 4 heterocycles. The van der Waals surface area contributed by atoms with E-state index in [9.17, 15) is 23.1 Å². The Balaban J connectivity index is 1.22. The smallest absolute Gasteiger partial charge is 0.317 e. The predicted octanol–water partition coefficient (Wildman–Crippen LogP) is 1.56. The molecule has 5 rings (SSSR count). The summed E-state index contributed by atoms with van der Waals surface area (Å²) < 4.78 is 24.0. The first-order chi connectivity index (χ1) is 18.6. The number of fused-ring (bicyclic) bond motifs is 3. The second kappa shape index (κ2) is 11.1. The molecule has 10 nitrogen and oxygen atoms in total. The lowest BCUT2D eigenvalue weighted by molar-refractivity contribution is -0.119. The molecule has 39 heavy (non-hydrogen) atoms. The summed E-state index contributed by atoms with van der Waals surface area (Å²) >= 11 is 0. The van der Waals surface area contributed by atoms with Crippen molar-refractivity contribution < 1.29 is 23.1 Å². The van der Waals surface area contributed by atoms with Gasteiger partial charge in [0.2, 0.25) is 0 Å². The SMILES string of the molecule is CNC(=O)N(CCN1C2CCC1CC(NC(=O)C1=Cc3ccccc3N(C(C)C)C1O)C2)C1CCS(=O)(=O)C1. The number of rotatable bonds is 7. The molecule has 3 N–H and O–H groups in total. The summed E-state index contributed by atoms with van der Waals surface area (Å²) in [5, 5.41) is 17.0. The molecule has 4 aliphatic heterocycles. The summed E-state index contributed by atoms with van der Waals surface area (Å²) in [6, 6.07) is 7.92. The van der Waals surface area contributed by atoms with Crippen LogP contribution in [0.2, 0.25) is 0 Å². The van der Waals surface area contributed by atoms with Crippen molar-refractivity contribution in [3.8, 4) is 0 Å². The molecule has 3 saturated heterocycles. The Kier molecular flexibility index (Phi) is 7.94. The number of anilines is 1. The number of amides is 3. The number of hydrogen-bond donors (Lipinski definition) is 3. The summed E-state index contributed by atoms with van der Waals surface area (Å²) in [6.45, 7) is 5.17. The van der Waals surface area contributed by atoms with E-state index < -0.39 is 16.1 Å². The van der Waals surface area contributed by atoms with E-state index in [0.29, 0.717) is 37.2 Å². The first kappa shape index (κ1) is 27.9. The van der Waals surface area contributed by atoms with Crippen LogP contribution in [-0.2, 0) is 14.6 Å². The first-order valence-corrected chi connectivity index (χ1v) is 15.9. The van der Waals surface area contributed by atoms with E-state index in [2.05, 4.69) is 15.5 Å². The molecular formula is C28H41N5O5S. The van der Waals surface area contributed by atoms with Gasteiger partial charge in [0.25, 0.3) is 5.91 Å². The standard InChI is InChI=1S/C28H41N5O5S/c1-18(2)33-25-7-5-4-6-19(25)14-24(27(33)35)26(34)30-20-15-21-8-9-22(16-20)31(21)11-12-32(28(36)29-3)23-10-13-39(37,38)17-23/h4-7,14,18,20-23,27,35H,8-13,15-17H2,1-3H3,(H,29,36)(H,30,34). The van der Waals surface area contributed by atoms with Crippen LogP contribution in [0.15, 0.2) is 29.8 Å². The van der Waals surface area contributed by atoms with Crippen LogP contribution in [0.4, 0.5) is 10.5 Å². The number of carbonyl (C=O) groups is 2. The lowest BCUT2D eigenvalue weighted by Gasteiger charge is -2.41. The molecule has 0 radical (unpaired) electrons. The Hall–Kier alpha value is -2.63. The largest absolute Gasteiger partial charge is 0.369 e. The zero-order chi connectivity index (χ0) is 27.9. The molecule has 4 aliphatic rings. The molecule has 4 unspecified atom stereocenters. The summed E-state index contributed by atoms with van der Waals surface area (Å²) in [4.78, 5) is 32.0. The normalized spacial score (nSPS) is 29.6. The van der Waals surface area contributed by atoms with E-state index >= 15 is 0 Å². The molecule has 0 aliphatic carbocycles. The minimum atomic E-state index is -3.09. The Morgan fingerprint density at radius 3 is 2.44 bits per heavy atom. The zero-order valence-corrected chi connectivity index (χ0v) is 23.9. The van der Waals surface area contributed by atoms with Gasteiger partial charge in [-0.25, -0.2) is 13.2 Å². The molecule has 3 fully saturated rings. The second-order valence-corrected chi connectivity index (χ2v) is 13.8. The quantitative estimate of drug-likeness (QED) is 0.463. The minimum Gasteiger partial charge on any atom is -0.369 e. The van der Waals surface area contributed by atoms with Crippen LogP contribution >= 0.6 is 0 Å². The molecule has 214 valence electrons. The molecule has 0 spiro atoms. The maximum absolute atomic E-state index is 13.4. The lowest BCUT2D eigenvalue weighted by Crippen LogP contribution is -2.55. The Labute approximate surface area is 231 Å². The number of carbonyl (C=O) groups excluding carboxylic acids is 2. The first-order valence-electron chi connectivity index (χ1n) is 14.1. The van der Waals surface area contributed by atoms with Crippen LogP contribution in [0.25, 0.3) is 6.08 Å². The van der Waals surface area contributed by atoms with Crippen molar-refractivity contribution in [1.82, 2.24) is 20.4 Å². The fourth-order valence-corrected chi connectivity index (χ4v) is 8.71. The monoisotopic (exact) mass is 559 g/mol. The number of aliphatic hydroxyl groups is 1. The van der Waals surface area contributed by atoms with Gasteiger partial charge in [-0.2, -0.15) is 0 Å². The molecule has 1 aromatic rings. The summed E-state index contributed by atoms with van der Waals surface area (Å²) in [7, 11) is -1.51. The van der Waals surface area contributed by atoms with Gasteiger partial charge in [0.15, 0.2) is 16.1 Å². The number of sulfone groups is 1. The molecule has 4 atom stereocenters. The van der Waals surface area contributed by atoms with Crippen molar-refractivity contribution >= 4 is 33.5 Å². The number of benzene rings is 1. The van der Waals surface area contributed by atoms with Crippen molar-refractivity contribution in [1.29, 1.82) is 0 Å². The van der Waals surface area contributed by atoms with E-state index in [1.54, 1.807) is 18.0 Å². The van der Waals surface area contributed by atoms with Crippen molar-refractivity contribution in [3.63, 3.8) is 0 Å². The van der Waals surface area contributed by atoms with Crippen LogP contribution in [0, 0.1) is 0 Å². The second-order valence-electron chi connectivity index (χ2n) is 11.6. The van der Waals surface area contributed by atoms with Crippen molar-refractivity contribution in [2.24, 2.45) is 0 Å². The number of nitrogens with zero attached hydrogens (tertiary/aromatic N) is 3. The van der Waals surface area contributed by atoms with Crippen LogP contribution in [0.3, 0.4) is 0 Å². The van der Waals surface area contributed by atoms with Crippen LogP contribution < -0.4 is 15.5 Å². The van der Waals surface area contributed by atoms with Gasteiger partial charge in [0.1, 0.15) is 0 Å².